The van der Waals surface area contributed by atoms with Gasteiger partial charge in [-0.2, -0.15) is 0 Å². The molecule has 0 aliphatic heterocycles. The highest BCUT2D eigenvalue weighted by molar-refractivity contribution is 6.16. The lowest BCUT2D eigenvalue weighted by atomic mass is 9.97. The number of rotatable bonds is 3. The average Bonchev–Trinajstić information content (AvgIpc) is 2.55. The van der Waals surface area contributed by atoms with Crippen molar-refractivity contribution in [1.82, 2.24) is 0 Å². The topological polar surface area (TPSA) is 52.3 Å². The Kier molecular flexibility index (Phi) is 3.32. The molecule has 0 bridgehead atoms. The molecule has 0 atom stereocenters. The minimum absolute atomic E-state index is 0.0825. The van der Waals surface area contributed by atoms with Gasteiger partial charge in [-0.15, -0.1) is 0 Å². The van der Waals surface area contributed by atoms with Gasteiger partial charge in [0, 0.05) is 16.5 Å². The number of fused-ring (bicyclic) bond motifs is 1. The Morgan fingerprint density at radius 2 is 1.67 bits per heavy atom. The summed E-state index contributed by atoms with van der Waals surface area (Å²) in [6.07, 6.45) is 0. The largest absolute Gasteiger partial charge is 0.497 e. The van der Waals surface area contributed by atoms with Gasteiger partial charge in [-0.25, -0.2) is 0 Å². The molecule has 2 N–H and O–H groups in total. The zero-order chi connectivity index (χ0) is 14.8. The first-order chi connectivity index (χ1) is 10.2. The predicted octanol–water partition coefficient (Wildman–Crippen LogP) is 3.66. The van der Waals surface area contributed by atoms with E-state index < -0.39 is 0 Å². The summed E-state index contributed by atoms with van der Waals surface area (Å²) in [6.45, 7) is 0. The van der Waals surface area contributed by atoms with Gasteiger partial charge < -0.3 is 10.5 Å². The maximum atomic E-state index is 12.6. The Bertz CT molecular complexity index is 807. The Labute approximate surface area is 123 Å². The van der Waals surface area contributed by atoms with E-state index >= 15 is 0 Å². The summed E-state index contributed by atoms with van der Waals surface area (Å²) >= 11 is 0. The van der Waals surface area contributed by atoms with Crippen LogP contribution in [-0.4, -0.2) is 12.9 Å². The summed E-state index contributed by atoms with van der Waals surface area (Å²) in [7, 11) is 1.60. The van der Waals surface area contributed by atoms with Gasteiger partial charge in [0.2, 0.25) is 0 Å². The number of carbonyl (C=O) groups is 1. The molecule has 0 amide bonds. The van der Waals surface area contributed by atoms with Crippen molar-refractivity contribution in [3.05, 3.63) is 71.8 Å². The second kappa shape index (κ2) is 5.29. The number of nitrogen functional groups attached to an aromatic ring is 1. The molecule has 0 aliphatic carbocycles. The van der Waals surface area contributed by atoms with Gasteiger partial charge in [-0.05, 0) is 35.7 Å². The van der Waals surface area contributed by atoms with E-state index in [9.17, 15) is 4.79 Å². The van der Waals surface area contributed by atoms with Gasteiger partial charge in [-0.3, -0.25) is 4.79 Å². The monoisotopic (exact) mass is 277 g/mol. The molecule has 3 nitrogen and oxygen atoms in total. The smallest absolute Gasteiger partial charge is 0.195 e. The summed E-state index contributed by atoms with van der Waals surface area (Å²) in [6, 6.07) is 18.5. The van der Waals surface area contributed by atoms with Gasteiger partial charge in [0.1, 0.15) is 5.75 Å². The lowest BCUT2D eigenvalue weighted by Gasteiger charge is -2.09. The minimum Gasteiger partial charge on any atom is -0.497 e. The van der Waals surface area contributed by atoms with E-state index in [4.69, 9.17) is 10.5 Å². The van der Waals surface area contributed by atoms with Crippen molar-refractivity contribution in [1.29, 1.82) is 0 Å². The molecule has 0 heterocycles. The summed E-state index contributed by atoms with van der Waals surface area (Å²) in [5.41, 5.74) is 7.81. The normalized spacial score (nSPS) is 10.5. The van der Waals surface area contributed by atoms with E-state index in [0.717, 1.165) is 16.5 Å². The lowest BCUT2D eigenvalue weighted by Crippen LogP contribution is -2.05. The molecule has 21 heavy (non-hydrogen) atoms. The number of anilines is 1. The quantitative estimate of drug-likeness (QED) is 0.587. The molecule has 104 valence electrons. The highest BCUT2D eigenvalue weighted by Crippen LogP contribution is 2.27. The molecule has 3 aromatic carbocycles. The first kappa shape index (κ1) is 13.2. The number of benzene rings is 3. The minimum atomic E-state index is -0.0825. The van der Waals surface area contributed by atoms with E-state index in [1.807, 2.05) is 30.3 Å². The van der Waals surface area contributed by atoms with Crippen molar-refractivity contribution < 1.29 is 9.53 Å². The average molecular weight is 277 g/mol. The lowest BCUT2D eigenvalue weighted by molar-refractivity contribution is 0.103. The van der Waals surface area contributed by atoms with Crippen molar-refractivity contribution in [2.75, 3.05) is 12.8 Å². The fourth-order valence-electron chi connectivity index (χ4n) is 2.39. The third kappa shape index (κ3) is 2.34. The number of methoxy groups -OCH3 is 1. The van der Waals surface area contributed by atoms with Crippen LogP contribution in [0.2, 0.25) is 0 Å². The van der Waals surface area contributed by atoms with Crippen LogP contribution in [0.5, 0.6) is 5.75 Å². The Morgan fingerprint density at radius 1 is 0.952 bits per heavy atom. The maximum Gasteiger partial charge on any atom is 0.195 e. The van der Waals surface area contributed by atoms with Crippen LogP contribution >= 0.6 is 0 Å². The Balaban J connectivity index is 2.06. The SMILES string of the molecule is COc1ccc(C(=O)c2ccc3ccccc3c2N)cc1. The molecule has 3 heteroatoms. The van der Waals surface area contributed by atoms with Gasteiger partial charge in [0.05, 0.1) is 12.8 Å². The number of hydrogen-bond acceptors (Lipinski definition) is 3. The second-order valence-corrected chi connectivity index (χ2v) is 4.81. The second-order valence-electron chi connectivity index (χ2n) is 4.81. The molecule has 3 rings (SSSR count). The van der Waals surface area contributed by atoms with Gasteiger partial charge in [0.15, 0.2) is 5.78 Å². The van der Waals surface area contributed by atoms with Crippen LogP contribution in [0.3, 0.4) is 0 Å². The zero-order valence-corrected chi connectivity index (χ0v) is 11.7. The molecule has 0 aromatic heterocycles. The van der Waals surface area contributed by atoms with Crippen LogP contribution in [0.15, 0.2) is 60.7 Å². The summed E-state index contributed by atoms with van der Waals surface area (Å²) in [4.78, 5) is 12.6. The van der Waals surface area contributed by atoms with Gasteiger partial charge in [0.25, 0.3) is 0 Å². The van der Waals surface area contributed by atoms with Crippen LogP contribution in [-0.2, 0) is 0 Å². The molecule has 0 spiro atoms. The van der Waals surface area contributed by atoms with Crippen LogP contribution in [0.25, 0.3) is 10.8 Å². The third-order valence-corrected chi connectivity index (χ3v) is 3.57. The summed E-state index contributed by atoms with van der Waals surface area (Å²) in [5, 5.41) is 1.93. The molecule has 0 saturated carbocycles. The molecular formula is C18H15NO2. The third-order valence-electron chi connectivity index (χ3n) is 3.57. The van der Waals surface area contributed by atoms with E-state index in [1.165, 1.54) is 0 Å². The van der Waals surface area contributed by atoms with E-state index in [0.29, 0.717) is 16.8 Å². The zero-order valence-electron chi connectivity index (χ0n) is 11.7. The predicted molar refractivity (Wildman–Crippen MR) is 84.8 cm³/mol. The summed E-state index contributed by atoms with van der Waals surface area (Å²) < 4.78 is 5.10. The van der Waals surface area contributed by atoms with Crippen molar-refractivity contribution in [3.63, 3.8) is 0 Å². The number of hydrogen-bond donors (Lipinski definition) is 1. The van der Waals surface area contributed by atoms with E-state index in [1.54, 1.807) is 37.4 Å². The van der Waals surface area contributed by atoms with Gasteiger partial charge in [-0.1, -0.05) is 30.3 Å². The fourth-order valence-corrected chi connectivity index (χ4v) is 2.39. The molecule has 0 radical (unpaired) electrons. The highest BCUT2D eigenvalue weighted by atomic mass is 16.5. The van der Waals surface area contributed by atoms with Crippen LogP contribution < -0.4 is 10.5 Å². The fraction of sp³-hybridized carbons (Fsp3) is 0.0556. The number of ketones is 1. The number of nitrogens with two attached hydrogens (primary N) is 1. The molecule has 3 aromatic rings. The van der Waals surface area contributed by atoms with Crippen LogP contribution in [0.1, 0.15) is 15.9 Å². The molecule has 0 saturated heterocycles. The molecule has 0 aliphatic rings. The highest BCUT2D eigenvalue weighted by Gasteiger charge is 2.14. The molecular weight excluding hydrogens is 262 g/mol. The number of ether oxygens (including phenoxy) is 1. The first-order valence-corrected chi connectivity index (χ1v) is 6.66. The maximum absolute atomic E-state index is 12.6. The first-order valence-electron chi connectivity index (χ1n) is 6.66. The number of carbonyl (C=O) groups excluding carboxylic acids is 1. The van der Waals surface area contributed by atoms with E-state index in [-0.39, 0.29) is 5.78 Å². The Morgan fingerprint density at radius 3 is 2.38 bits per heavy atom. The van der Waals surface area contributed by atoms with Crippen molar-refractivity contribution >= 4 is 22.2 Å². The van der Waals surface area contributed by atoms with E-state index in [2.05, 4.69) is 0 Å². The van der Waals surface area contributed by atoms with Crippen molar-refractivity contribution in [2.45, 2.75) is 0 Å². The standard InChI is InChI=1S/C18H15NO2/c1-21-14-9-6-13(7-10-14)18(20)16-11-8-12-4-2-3-5-15(12)17(16)19/h2-11H,19H2,1H3. The van der Waals surface area contributed by atoms with Crippen LogP contribution in [0.4, 0.5) is 5.69 Å². The van der Waals surface area contributed by atoms with Crippen molar-refractivity contribution in [3.8, 4) is 5.75 Å². The molecule has 0 unspecified atom stereocenters. The van der Waals surface area contributed by atoms with Crippen LogP contribution in [0, 0.1) is 0 Å². The Hall–Kier alpha value is -2.81. The van der Waals surface area contributed by atoms with Crippen molar-refractivity contribution in [2.24, 2.45) is 0 Å². The summed E-state index contributed by atoms with van der Waals surface area (Å²) in [5.74, 6) is 0.638. The van der Waals surface area contributed by atoms with Gasteiger partial charge >= 0.3 is 0 Å². The molecule has 0 fully saturated rings.